The predicted molar refractivity (Wildman–Crippen MR) is 210 cm³/mol. The number of ether oxygens (including phenoxy) is 1. The summed E-state index contributed by atoms with van der Waals surface area (Å²) < 4.78 is 6.30. The minimum atomic E-state index is -1.99. The molecule has 0 radical (unpaired) electrons. The molecular formula is C35H71N3O26. The maximum Gasteiger partial charge on any atom is 0.307 e. The van der Waals surface area contributed by atoms with Crippen molar-refractivity contribution in [2.75, 3.05) is 98.7 Å². The van der Waals surface area contributed by atoms with Gasteiger partial charge >= 0.3 is 17.9 Å². The Morgan fingerprint density at radius 2 is 0.594 bits per heavy atom. The van der Waals surface area contributed by atoms with Crippen LogP contribution in [0.15, 0.2) is 0 Å². The Morgan fingerprint density at radius 1 is 0.375 bits per heavy atom. The first kappa shape index (κ1) is 63.6. The van der Waals surface area contributed by atoms with Gasteiger partial charge in [-0.1, -0.05) is 0 Å². The van der Waals surface area contributed by atoms with Gasteiger partial charge in [0.05, 0.1) is 90.8 Å². The van der Waals surface area contributed by atoms with Crippen LogP contribution in [0.3, 0.4) is 0 Å². The molecule has 3 fully saturated rings. The highest BCUT2D eigenvalue weighted by Gasteiger charge is 2.62. The summed E-state index contributed by atoms with van der Waals surface area (Å²) >= 11 is 0. The van der Waals surface area contributed by atoms with Crippen LogP contribution in [0, 0.1) is 0 Å². The molecule has 0 aromatic heterocycles. The first-order valence-corrected chi connectivity index (χ1v) is 19.8. The lowest BCUT2D eigenvalue weighted by Crippen LogP contribution is -2.71. The lowest BCUT2D eigenvalue weighted by molar-refractivity contribution is -0.248. The first-order valence-electron chi connectivity index (χ1n) is 19.8. The number of hydrogen-bond donors (Lipinski definition) is 22. The monoisotopic (exact) mass is 949 g/mol. The summed E-state index contributed by atoms with van der Waals surface area (Å²) in [6, 6.07) is -2.12. The van der Waals surface area contributed by atoms with Crippen LogP contribution in [0.2, 0.25) is 0 Å². The number of carbonyl (C=O) groups is 3. The SMILES string of the molecule is O=C(O)CC(OC(C(CC(=O)O)N1CC1)(C(CC(=O)O)N1CC1)[C@H](O)[C@H](O)CO)N1CC1.OC[C@@H](O)[C@@H](O)CO.OC[C@@H](O)[C@@H](O)CO.OC[C@@H](O)[C@@H](O)CO.OC[C@@H](O)[C@@H](O)CO. The number of hydrogen-bond acceptors (Lipinski definition) is 26. The minimum absolute atomic E-state index is 0.470. The maximum atomic E-state index is 11.8. The molecule has 3 rings (SSSR count). The predicted octanol–water partition coefficient (Wildman–Crippen LogP) is -12.3. The molecule has 0 aromatic rings. The quantitative estimate of drug-likeness (QED) is 0.0324. The van der Waals surface area contributed by atoms with Crippen molar-refractivity contribution < 1.29 is 131 Å². The molecule has 3 aliphatic heterocycles. The van der Waals surface area contributed by atoms with Crippen molar-refractivity contribution in [3.8, 4) is 0 Å². The van der Waals surface area contributed by atoms with Crippen molar-refractivity contribution in [1.29, 1.82) is 0 Å². The molecule has 0 saturated carbocycles. The van der Waals surface area contributed by atoms with Crippen molar-refractivity contribution in [2.45, 2.75) is 104 Å². The van der Waals surface area contributed by atoms with E-state index in [0.29, 0.717) is 39.3 Å². The van der Waals surface area contributed by atoms with Gasteiger partial charge in [-0.2, -0.15) is 0 Å². The highest BCUT2D eigenvalue weighted by molar-refractivity contribution is 5.69. The van der Waals surface area contributed by atoms with Gasteiger partial charge in [0.15, 0.2) is 0 Å². The van der Waals surface area contributed by atoms with E-state index in [-0.39, 0.29) is 0 Å². The topological polar surface area (TPSA) is 515 Å². The number of nitrogens with zero attached hydrogens (tertiary/aromatic N) is 3. The summed E-state index contributed by atoms with van der Waals surface area (Å²) in [7, 11) is 0. The van der Waals surface area contributed by atoms with Gasteiger partial charge in [0.25, 0.3) is 0 Å². The minimum Gasteiger partial charge on any atom is -0.481 e. The van der Waals surface area contributed by atoms with Crippen molar-refractivity contribution in [2.24, 2.45) is 0 Å². The highest BCUT2D eigenvalue weighted by atomic mass is 16.6. The molecule has 0 amide bonds. The zero-order valence-corrected chi connectivity index (χ0v) is 35.0. The molecule has 0 spiro atoms. The smallest absolute Gasteiger partial charge is 0.307 e. The fourth-order valence-corrected chi connectivity index (χ4v) is 5.41. The van der Waals surface area contributed by atoms with Crippen LogP contribution >= 0.6 is 0 Å². The van der Waals surface area contributed by atoms with E-state index in [4.69, 9.17) is 86.4 Å². The molecule has 3 aliphatic rings. The normalized spacial score (nSPS) is 21.6. The molecule has 29 nitrogen and oxygen atoms in total. The molecule has 3 unspecified atom stereocenters. The largest absolute Gasteiger partial charge is 0.481 e. The van der Waals surface area contributed by atoms with Crippen LogP contribution in [-0.2, 0) is 19.1 Å². The third kappa shape index (κ3) is 24.3. The van der Waals surface area contributed by atoms with E-state index in [1.54, 1.807) is 14.7 Å². The summed E-state index contributed by atoms with van der Waals surface area (Å²) in [5.41, 5.74) is -1.99. The summed E-state index contributed by atoms with van der Waals surface area (Å²) in [5, 5.41) is 193. The third-order valence-corrected chi connectivity index (χ3v) is 9.49. The Kier molecular flexibility index (Phi) is 33.7. The molecule has 29 heteroatoms. The van der Waals surface area contributed by atoms with Crippen LogP contribution in [0.1, 0.15) is 19.3 Å². The van der Waals surface area contributed by atoms with E-state index in [9.17, 15) is 45.0 Å². The zero-order chi connectivity index (χ0) is 49.9. The van der Waals surface area contributed by atoms with Gasteiger partial charge in [-0.25, -0.2) is 0 Å². The average Bonchev–Trinajstić information content (AvgIpc) is 4.11. The molecule has 0 aromatic carbocycles. The number of rotatable bonds is 28. The van der Waals surface area contributed by atoms with Gasteiger partial charge < -0.3 is 117 Å². The van der Waals surface area contributed by atoms with E-state index in [1.165, 1.54) is 0 Å². The van der Waals surface area contributed by atoms with E-state index < -0.39 is 182 Å². The summed E-state index contributed by atoms with van der Waals surface area (Å²) in [4.78, 5) is 40.1. The molecule has 0 bridgehead atoms. The van der Waals surface area contributed by atoms with Gasteiger partial charge in [0.2, 0.25) is 0 Å². The molecule has 3 heterocycles. The lowest BCUT2D eigenvalue weighted by atomic mass is 9.75. The maximum absolute atomic E-state index is 11.8. The summed E-state index contributed by atoms with van der Waals surface area (Å²) in [6.07, 6.45) is -16.0. The zero-order valence-electron chi connectivity index (χ0n) is 35.0. The highest BCUT2D eigenvalue weighted by Crippen LogP contribution is 2.43. The van der Waals surface area contributed by atoms with Crippen LogP contribution in [0.25, 0.3) is 0 Å². The third-order valence-electron chi connectivity index (χ3n) is 9.49. The molecule has 13 atom stereocenters. The standard InChI is InChI=1S/C19H31N3O10.4C4H10O4/c23-10-11(24)18(31)19(12(7-15(25)26)20-1-2-20,13(8-16(27)28)21-3-4-21)32-14(9-17(29)30)22-5-6-22;4*5-1-3(7)4(8)2-6/h11-14,18,23-24,31H,1-10H2,(H,25,26)(H,27,28)(H,29,30);4*3-8H,1-2H2/t11-,12?,13?,14?,18-,19?;4*3-,4+/m1..../s1. The molecular weight excluding hydrogens is 878 g/mol. The molecule has 64 heavy (non-hydrogen) atoms. The lowest BCUT2D eigenvalue weighted by Gasteiger charge is -2.51. The second kappa shape index (κ2) is 33.9. The van der Waals surface area contributed by atoms with E-state index >= 15 is 0 Å². The Balaban J connectivity index is 0. The van der Waals surface area contributed by atoms with Crippen molar-refractivity contribution in [3.63, 3.8) is 0 Å². The van der Waals surface area contributed by atoms with E-state index in [2.05, 4.69) is 0 Å². The average molecular weight is 950 g/mol. The van der Waals surface area contributed by atoms with Crippen molar-refractivity contribution >= 4 is 17.9 Å². The van der Waals surface area contributed by atoms with Crippen LogP contribution < -0.4 is 0 Å². The fraction of sp³-hybridized carbons (Fsp3) is 0.914. The summed E-state index contributed by atoms with van der Waals surface area (Å²) in [5.74, 6) is -3.63. The Labute approximate surface area is 367 Å². The molecule has 3 saturated heterocycles. The molecule has 0 aliphatic carbocycles. The van der Waals surface area contributed by atoms with E-state index in [0.717, 1.165) is 0 Å². The van der Waals surface area contributed by atoms with Gasteiger partial charge in [-0.3, -0.25) is 29.1 Å². The number of carboxylic acids is 3. The van der Waals surface area contributed by atoms with E-state index in [1.807, 2.05) is 0 Å². The summed E-state index contributed by atoms with van der Waals surface area (Å²) in [6.45, 7) is -2.16. The Morgan fingerprint density at radius 3 is 0.766 bits per heavy atom. The van der Waals surface area contributed by atoms with Crippen LogP contribution in [-0.4, -0.2) is 329 Å². The second-order valence-corrected chi connectivity index (χ2v) is 14.6. The molecule has 382 valence electrons. The fourth-order valence-electron chi connectivity index (χ4n) is 5.41. The first-order chi connectivity index (χ1) is 30.0. The Hall–Kier alpha value is -2.51. The number of aliphatic hydroxyl groups is 19. The number of aliphatic hydroxyl groups excluding tert-OH is 19. The van der Waals surface area contributed by atoms with Gasteiger partial charge in [-0.15, -0.1) is 0 Å². The number of aliphatic carboxylic acids is 3. The van der Waals surface area contributed by atoms with Gasteiger partial charge in [0, 0.05) is 39.3 Å². The second-order valence-electron chi connectivity index (χ2n) is 14.6. The molecule has 22 N–H and O–H groups in total. The van der Waals surface area contributed by atoms with Crippen LogP contribution in [0.5, 0.6) is 0 Å². The van der Waals surface area contributed by atoms with Gasteiger partial charge in [-0.05, 0) is 0 Å². The van der Waals surface area contributed by atoms with Crippen LogP contribution in [0.4, 0.5) is 0 Å². The van der Waals surface area contributed by atoms with Crippen molar-refractivity contribution in [3.05, 3.63) is 0 Å². The van der Waals surface area contributed by atoms with Crippen molar-refractivity contribution in [1.82, 2.24) is 14.7 Å². The number of carboxylic acid groups (broad SMARTS) is 3. The Bertz CT molecular complexity index is 1110. The van der Waals surface area contributed by atoms with Gasteiger partial charge in [0.1, 0.15) is 72.9 Å².